The molecule has 1 unspecified atom stereocenters. The molecule has 1 aliphatic rings. The van der Waals surface area contributed by atoms with E-state index in [0.717, 1.165) is 12.6 Å². The third-order valence-corrected chi connectivity index (χ3v) is 2.34. The van der Waals surface area contributed by atoms with Crippen molar-refractivity contribution in [1.82, 2.24) is 10.3 Å². The van der Waals surface area contributed by atoms with Gasteiger partial charge in [0.15, 0.2) is 0 Å². The van der Waals surface area contributed by atoms with E-state index in [2.05, 4.69) is 15.6 Å². The predicted molar refractivity (Wildman–Crippen MR) is 53.8 cm³/mol. The fourth-order valence-corrected chi connectivity index (χ4v) is 1.54. The van der Waals surface area contributed by atoms with Crippen LogP contribution in [0.25, 0.3) is 0 Å². The van der Waals surface area contributed by atoms with Gasteiger partial charge in [0.2, 0.25) is 5.91 Å². The Morgan fingerprint density at radius 2 is 2.47 bits per heavy atom. The van der Waals surface area contributed by atoms with Crippen LogP contribution in [-0.4, -0.2) is 23.5 Å². The SMILES string of the molecule is O=C1CCC(CNc2ccc(F)cn2)N1. The van der Waals surface area contributed by atoms with Gasteiger partial charge in [0.05, 0.1) is 6.20 Å². The molecule has 0 saturated carbocycles. The van der Waals surface area contributed by atoms with Crippen molar-refractivity contribution in [1.29, 1.82) is 0 Å². The summed E-state index contributed by atoms with van der Waals surface area (Å²) in [4.78, 5) is 14.8. The number of carbonyl (C=O) groups is 1. The summed E-state index contributed by atoms with van der Waals surface area (Å²) in [7, 11) is 0. The zero-order valence-corrected chi connectivity index (χ0v) is 8.16. The molecule has 0 aromatic carbocycles. The van der Waals surface area contributed by atoms with Gasteiger partial charge in [0.1, 0.15) is 11.6 Å². The zero-order valence-electron chi connectivity index (χ0n) is 8.16. The van der Waals surface area contributed by atoms with E-state index in [1.807, 2.05) is 0 Å². The summed E-state index contributed by atoms with van der Waals surface area (Å²) in [6.45, 7) is 0.629. The molecule has 2 N–H and O–H groups in total. The maximum atomic E-state index is 12.5. The van der Waals surface area contributed by atoms with E-state index in [0.29, 0.717) is 18.8 Å². The molecule has 0 radical (unpaired) electrons. The predicted octanol–water partition coefficient (Wildman–Crippen LogP) is 0.911. The topological polar surface area (TPSA) is 54.0 Å². The average Bonchev–Trinajstić information content (AvgIpc) is 2.64. The molecule has 1 amide bonds. The Morgan fingerprint density at radius 3 is 3.07 bits per heavy atom. The van der Waals surface area contributed by atoms with E-state index in [-0.39, 0.29) is 17.8 Å². The van der Waals surface area contributed by atoms with E-state index in [1.54, 1.807) is 6.07 Å². The lowest BCUT2D eigenvalue weighted by Gasteiger charge is -2.11. The Bertz CT molecular complexity index is 352. The monoisotopic (exact) mass is 209 g/mol. The Labute approximate surface area is 86.9 Å². The van der Waals surface area contributed by atoms with Crippen LogP contribution in [0.2, 0.25) is 0 Å². The van der Waals surface area contributed by atoms with Gasteiger partial charge in [-0.3, -0.25) is 4.79 Å². The van der Waals surface area contributed by atoms with Gasteiger partial charge in [0.25, 0.3) is 0 Å². The molecule has 1 atom stereocenters. The van der Waals surface area contributed by atoms with E-state index in [4.69, 9.17) is 0 Å². The Morgan fingerprint density at radius 1 is 1.60 bits per heavy atom. The number of amides is 1. The van der Waals surface area contributed by atoms with E-state index in [1.165, 1.54) is 6.07 Å². The number of rotatable bonds is 3. The summed E-state index contributed by atoms with van der Waals surface area (Å²) < 4.78 is 12.5. The molecule has 4 nitrogen and oxygen atoms in total. The van der Waals surface area contributed by atoms with Crippen molar-refractivity contribution in [2.24, 2.45) is 0 Å². The average molecular weight is 209 g/mol. The normalized spacial score (nSPS) is 20.1. The highest BCUT2D eigenvalue weighted by molar-refractivity contribution is 5.78. The second kappa shape index (κ2) is 4.25. The van der Waals surface area contributed by atoms with Crippen molar-refractivity contribution in [2.45, 2.75) is 18.9 Å². The van der Waals surface area contributed by atoms with Crippen LogP contribution in [0.3, 0.4) is 0 Å². The van der Waals surface area contributed by atoms with Gasteiger partial charge in [-0.05, 0) is 18.6 Å². The van der Waals surface area contributed by atoms with Gasteiger partial charge in [-0.25, -0.2) is 9.37 Å². The Hall–Kier alpha value is -1.65. The van der Waals surface area contributed by atoms with Crippen LogP contribution in [0, 0.1) is 5.82 Å². The lowest BCUT2D eigenvalue weighted by molar-refractivity contribution is -0.119. The van der Waals surface area contributed by atoms with Crippen molar-refractivity contribution >= 4 is 11.7 Å². The van der Waals surface area contributed by atoms with E-state index >= 15 is 0 Å². The fourth-order valence-electron chi connectivity index (χ4n) is 1.54. The minimum Gasteiger partial charge on any atom is -0.368 e. The largest absolute Gasteiger partial charge is 0.368 e. The molecule has 1 fully saturated rings. The molecule has 0 bridgehead atoms. The minimum absolute atomic E-state index is 0.0915. The van der Waals surface area contributed by atoms with Crippen molar-refractivity contribution in [2.75, 3.05) is 11.9 Å². The smallest absolute Gasteiger partial charge is 0.220 e. The first-order valence-electron chi connectivity index (χ1n) is 4.89. The summed E-state index contributed by atoms with van der Waals surface area (Å²) in [6, 6.07) is 3.08. The first-order chi connectivity index (χ1) is 7.24. The number of hydrogen-bond acceptors (Lipinski definition) is 3. The van der Waals surface area contributed by atoms with E-state index < -0.39 is 0 Å². The number of halogens is 1. The maximum absolute atomic E-state index is 12.5. The number of hydrogen-bond donors (Lipinski definition) is 2. The van der Waals surface area contributed by atoms with Gasteiger partial charge < -0.3 is 10.6 Å². The van der Waals surface area contributed by atoms with E-state index in [9.17, 15) is 9.18 Å². The lowest BCUT2D eigenvalue weighted by atomic mass is 10.2. The molecular formula is C10H12FN3O. The molecule has 1 aromatic rings. The number of pyridine rings is 1. The highest BCUT2D eigenvalue weighted by atomic mass is 19.1. The van der Waals surface area contributed by atoms with Gasteiger partial charge in [-0.15, -0.1) is 0 Å². The van der Waals surface area contributed by atoms with Crippen LogP contribution in [0.4, 0.5) is 10.2 Å². The minimum atomic E-state index is -0.352. The van der Waals surface area contributed by atoms with Crippen LogP contribution < -0.4 is 10.6 Å². The zero-order chi connectivity index (χ0) is 10.7. The molecule has 15 heavy (non-hydrogen) atoms. The second-order valence-electron chi connectivity index (χ2n) is 3.55. The molecule has 1 aliphatic heterocycles. The summed E-state index contributed by atoms with van der Waals surface area (Å²) in [5, 5.41) is 5.87. The van der Waals surface area contributed by atoms with Crippen molar-refractivity contribution in [3.63, 3.8) is 0 Å². The molecule has 0 spiro atoms. The third kappa shape index (κ3) is 2.65. The van der Waals surface area contributed by atoms with Gasteiger partial charge in [-0.2, -0.15) is 0 Å². The second-order valence-corrected chi connectivity index (χ2v) is 3.55. The summed E-state index contributed by atoms with van der Waals surface area (Å²) in [6.07, 6.45) is 2.59. The van der Waals surface area contributed by atoms with Crippen LogP contribution in [0.1, 0.15) is 12.8 Å². The first kappa shape index (κ1) is 9.89. The molecular weight excluding hydrogens is 197 g/mol. The Kier molecular flexibility index (Phi) is 2.80. The fraction of sp³-hybridized carbons (Fsp3) is 0.400. The van der Waals surface area contributed by atoms with Crippen LogP contribution in [-0.2, 0) is 4.79 Å². The van der Waals surface area contributed by atoms with Gasteiger partial charge in [-0.1, -0.05) is 0 Å². The number of nitrogens with one attached hydrogen (secondary N) is 2. The van der Waals surface area contributed by atoms with Crippen LogP contribution in [0.15, 0.2) is 18.3 Å². The number of aromatic nitrogens is 1. The Balaban J connectivity index is 1.83. The van der Waals surface area contributed by atoms with Crippen LogP contribution in [0.5, 0.6) is 0 Å². The molecule has 1 saturated heterocycles. The standard InChI is InChI=1S/C10H12FN3O/c11-7-1-3-9(12-5-7)13-6-8-2-4-10(15)14-8/h1,3,5,8H,2,4,6H2,(H,12,13)(H,14,15). The molecule has 0 aliphatic carbocycles. The summed E-state index contributed by atoms with van der Waals surface area (Å²) in [5.41, 5.74) is 0. The van der Waals surface area contributed by atoms with Gasteiger partial charge >= 0.3 is 0 Å². The number of anilines is 1. The molecule has 5 heteroatoms. The molecule has 80 valence electrons. The van der Waals surface area contributed by atoms with Crippen molar-refractivity contribution < 1.29 is 9.18 Å². The quantitative estimate of drug-likeness (QED) is 0.778. The summed E-state index contributed by atoms with van der Waals surface area (Å²) >= 11 is 0. The van der Waals surface area contributed by atoms with Crippen LogP contribution >= 0.6 is 0 Å². The number of carbonyl (C=O) groups excluding carboxylic acids is 1. The lowest BCUT2D eigenvalue weighted by Crippen LogP contribution is -2.31. The highest BCUT2D eigenvalue weighted by Gasteiger charge is 2.19. The number of nitrogens with zero attached hydrogens (tertiary/aromatic N) is 1. The third-order valence-electron chi connectivity index (χ3n) is 2.34. The first-order valence-corrected chi connectivity index (χ1v) is 4.89. The molecule has 2 heterocycles. The highest BCUT2D eigenvalue weighted by Crippen LogP contribution is 2.08. The van der Waals surface area contributed by atoms with Crippen molar-refractivity contribution in [3.8, 4) is 0 Å². The van der Waals surface area contributed by atoms with Crippen molar-refractivity contribution in [3.05, 3.63) is 24.1 Å². The maximum Gasteiger partial charge on any atom is 0.220 e. The molecule has 1 aromatic heterocycles. The molecule has 2 rings (SSSR count). The van der Waals surface area contributed by atoms with Gasteiger partial charge in [0, 0.05) is 19.0 Å². The summed E-state index contributed by atoms with van der Waals surface area (Å²) in [5.74, 6) is 0.362.